The molecule has 0 fully saturated rings. The highest BCUT2D eigenvalue weighted by Crippen LogP contribution is 2.28. The summed E-state index contributed by atoms with van der Waals surface area (Å²) in [5, 5.41) is 0. The molecule has 3 aromatic carbocycles. The van der Waals surface area contributed by atoms with Gasteiger partial charge in [0.2, 0.25) is 0 Å². The van der Waals surface area contributed by atoms with Gasteiger partial charge in [-0.1, -0.05) is 73.3 Å². The van der Waals surface area contributed by atoms with Gasteiger partial charge in [0.25, 0.3) is 0 Å². The molecule has 0 saturated carbocycles. The summed E-state index contributed by atoms with van der Waals surface area (Å²) >= 11 is 0. The van der Waals surface area contributed by atoms with Gasteiger partial charge in [0.05, 0.1) is 0 Å². The van der Waals surface area contributed by atoms with Crippen molar-refractivity contribution < 1.29 is 13.6 Å². The lowest BCUT2D eigenvalue weighted by molar-refractivity contribution is -0.115. The Bertz CT molecular complexity index is 971. The van der Waals surface area contributed by atoms with Crippen molar-refractivity contribution in [3.63, 3.8) is 0 Å². The fourth-order valence-electron chi connectivity index (χ4n) is 2.95. The minimum Gasteiger partial charge on any atom is -0.294 e. The average Bonchev–Trinajstić information content (AvgIpc) is 2.71. The maximum atomic E-state index is 13.3. The van der Waals surface area contributed by atoms with Crippen molar-refractivity contribution in [2.45, 2.75) is 12.3 Å². The van der Waals surface area contributed by atoms with Gasteiger partial charge in [0, 0.05) is 12.3 Å². The lowest BCUT2D eigenvalue weighted by atomic mass is 9.87. The van der Waals surface area contributed by atoms with Crippen LogP contribution < -0.4 is 0 Å². The molecule has 1 nitrogen and oxygen atoms in total. The Morgan fingerprint density at radius 2 is 1.43 bits per heavy atom. The molecule has 0 bridgehead atoms. The highest BCUT2D eigenvalue weighted by atomic mass is 19.1. The molecule has 0 aromatic heterocycles. The highest BCUT2D eigenvalue weighted by Gasteiger charge is 2.19. The monoisotopic (exact) mass is 374 g/mol. The zero-order chi connectivity index (χ0) is 19.9. The van der Waals surface area contributed by atoms with Crippen LogP contribution in [0.25, 0.3) is 6.08 Å². The van der Waals surface area contributed by atoms with E-state index in [1.165, 1.54) is 24.3 Å². The maximum Gasteiger partial charge on any atom is 0.163 e. The molecule has 3 aromatic rings. The zero-order valence-corrected chi connectivity index (χ0v) is 15.3. The summed E-state index contributed by atoms with van der Waals surface area (Å²) in [6.07, 6.45) is 3.90. The van der Waals surface area contributed by atoms with Crippen LogP contribution in [0.1, 0.15) is 22.6 Å². The minimum absolute atomic E-state index is 0.0794. The van der Waals surface area contributed by atoms with Crippen LogP contribution in [-0.4, -0.2) is 5.78 Å². The molecule has 140 valence electrons. The number of hydrogen-bond acceptors (Lipinski definition) is 1. The molecule has 0 aliphatic rings. The number of ketones is 1. The van der Waals surface area contributed by atoms with Crippen LogP contribution in [0, 0.1) is 11.6 Å². The van der Waals surface area contributed by atoms with Crippen LogP contribution in [0.5, 0.6) is 0 Å². The van der Waals surface area contributed by atoms with Crippen molar-refractivity contribution in [3.8, 4) is 0 Å². The molecular formula is C25H20F2O. The number of hydrogen-bond donors (Lipinski definition) is 0. The van der Waals surface area contributed by atoms with E-state index in [0.29, 0.717) is 5.57 Å². The van der Waals surface area contributed by atoms with Crippen LogP contribution in [0.15, 0.2) is 97.1 Å². The van der Waals surface area contributed by atoms with E-state index in [4.69, 9.17) is 0 Å². The fourth-order valence-corrected chi connectivity index (χ4v) is 2.95. The number of allylic oxidation sites excluding steroid dienone is 2. The largest absolute Gasteiger partial charge is 0.294 e. The molecule has 0 aliphatic heterocycles. The molecule has 28 heavy (non-hydrogen) atoms. The summed E-state index contributed by atoms with van der Waals surface area (Å²) in [6.45, 7) is 4.02. The van der Waals surface area contributed by atoms with E-state index >= 15 is 0 Å². The van der Waals surface area contributed by atoms with Gasteiger partial charge in [0.1, 0.15) is 11.6 Å². The van der Waals surface area contributed by atoms with E-state index in [0.717, 1.165) is 16.7 Å². The molecule has 3 heteroatoms. The van der Waals surface area contributed by atoms with E-state index < -0.39 is 5.92 Å². The first kappa shape index (κ1) is 19.4. The Labute approximate surface area is 163 Å². The molecule has 1 unspecified atom stereocenters. The summed E-state index contributed by atoms with van der Waals surface area (Å²) in [4.78, 5) is 12.8. The van der Waals surface area contributed by atoms with Gasteiger partial charge >= 0.3 is 0 Å². The molecule has 0 saturated heterocycles. The van der Waals surface area contributed by atoms with E-state index in [1.807, 2.05) is 42.5 Å². The molecular weight excluding hydrogens is 354 g/mol. The van der Waals surface area contributed by atoms with Gasteiger partial charge in [-0.2, -0.15) is 0 Å². The van der Waals surface area contributed by atoms with Crippen molar-refractivity contribution in [1.29, 1.82) is 0 Å². The lowest BCUT2D eigenvalue weighted by Crippen LogP contribution is -2.12. The second-order valence-electron chi connectivity index (χ2n) is 6.55. The number of carbonyl (C=O) groups excluding carboxylic acids is 1. The standard InChI is InChI=1S/C25H20F2O/c1-18(25(28)17-20-5-3-2-4-6-20)24(21-10-14-23(27)15-11-21)16-9-19-7-12-22(26)13-8-19/h2-16,24H,1,17H2/b16-9+. The molecule has 0 radical (unpaired) electrons. The third-order valence-corrected chi connectivity index (χ3v) is 4.52. The lowest BCUT2D eigenvalue weighted by Gasteiger charge is -2.16. The van der Waals surface area contributed by atoms with Crippen molar-refractivity contribution in [2.24, 2.45) is 0 Å². The Kier molecular flexibility index (Phi) is 6.28. The maximum absolute atomic E-state index is 13.3. The first-order valence-electron chi connectivity index (χ1n) is 8.98. The number of halogens is 2. The van der Waals surface area contributed by atoms with Gasteiger partial charge in [-0.3, -0.25) is 4.79 Å². The molecule has 1 atom stereocenters. The Hall–Kier alpha value is -3.33. The second kappa shape index (κ2) is 9.05. The quantitative estimate of drug-likeness (QED) is 0.455. The average molecular weight is 374 g/mol. The number of rotatable bonds is 7. The van der Waals surface area contributed by atoms with Gasteiger partial charge in [-0.15, -0.1) is 0 Å². The normalized spacial score (nSPS) is 12.1. The van der Waals surface area contributed by atoms with E-state index in [9.17, 15) is 13.6 Å². The second-order valence-corrected chi connectivity index (χ2v) is 6.55. The third kappa shape index (κ3) is 5.10. The Morgan fingerprint density at radius 3 is 2.04 bits per heavy atom. The van der Waals surface area contributed by atoms with E-state index in [1.54, 1.807) is 24.3 Å². The van der Waals surface area contributed by atoms with Crippen molar-refractivity contribution in [2.75, 3.05) is 0 Å². The molecule has 0 spiro atoms. The molecule has 0 N–H and O–H groups in total. The summed E-state index contributed by atoms with van der Waals surface area (Å²) in [5.74, 6) is -1.13. The van der Waals surface area contributed by atoms with E-state index in [2.05, 4.69) is 6.58 Å². The topological polar surface area (TPSA) is 17.1 Å². The zero-order valence-electron chi connectivity index (χ0n) is 15.3. The minimum atomic E-state index is -0.401. The van der Waals surface area contributed by atoms with Crippen LogP contribution in [0.2, 0.25) is 0 Å². The predicted octanol–water partition coefficient (Wildman–Crippen LogP) is 6.13. The Morgan fingerprint density at radius 1 is 0.857 bits per heavy atom. The fraction of sp³-hybridized carbons (Fsp3) is 0.0800. The van der Waals surface area contributed by atoms with Crippen LogP contribution in [0.4, 0.5) is 8.78 Å². The van der Waals surface area contributed by atoms with E-state index in [-0.39, 0.29) is 23.8 Å². The summed E-state index contributed by atoms with van der Waals surface area (Å²) in [7, 11) is 0. The first-order valence-corrected chi connectivity index (χ1v) is 8.98. The van der Waals surface area contributed by atoms with Gasteiger partial charge < -0.3 is 0 Å². The summed E-state index contributed by atoms with van der Waals surface area (Å²) in [5.41, 5.74) is 2.91. The SMILES string of the molecule is C=C(C(=O)Cc1ccccc1)C(/C=C/c1ccc(F)cc1)c1ccc(F)cc1. The Balaban J connectivity index is 1.86. The third-order valence-electron chi connectivity index (χ3n) is 4.52. The van der Waals surface area contributed by atoms with Crippen LogP contribution in [0.3, 0.4) is 0 Å². The van der Waals surface area contributed by atoms with Crippen molar-refractivity contribution >= 4 is 11.9 Å². The first-order chi connectivity index (χ1) is 13.5. The summed E-state index contributed by atoms with van der Waals surface area (Å²) in [6, 6.07) is 21.6. The van der Waals surface area contributed by atoms with Gasteiger partial charge in [0.15, 0.2) is 5.78 Å². The van der Waals surface area contributed by atoms with Crippen molar-refractivity contribution in [1.82, 2.24) is 0 Å². The van der Waals surface area contributed by atoms with Gasteiger partial charge in [-0.05, 0) is 46.5 Å². The predicted molar refractivity (Wildman–Crippen MR) is 109 cm³/mol. The van der Waals surface area contributed by atoms with Crippen molar-refractivity contribution in [3.05, 3.63) is 125 Å². The smallest absolute Gasteiger partial charge is 0.163 e. The van der Waals surface area contributed by atoms with Crippen LogP contribution in [-0.2, 0) is 11.2 Å². The number of benzene rings is 3. The molecule has 0 heterocycles. The van der Waals surface area contributed by atoms with Gasteiger partial charge in [-0.25, -0.2) is 8.78 Å². The highest BCUT2D eigenvalue weighted by molar-refractivity contribution is 5.98. The van der Waals surface area contributed by atoms with Crippen LogP contribution >= 0.6 is 0 Å². The summed E-state index contributed by atoms with van der Waals surface area (Å²) < 4.78 is 26.5. The molecule has 0 amide bonds. The number of carbonyl (C=O) groups is 1. The number of Topliss-reactive ketones (excluding diaryl/α,β-unsaturated/α-hetero) is 1. The molecule has 3 rings (SSSR count). The molecule has 0 aliphatic carbocycles.